The van der Waals surface area contributed by atoms with Gasteiger partial charge in [-0.05, 0) is 30.7 Å². The molecule has 0 aliphatic heterocycles. The summed E-state index contributed by atoms with van der Waals surface area (Å²) >= 11 is 0. The van der Waals surface area contributed by atoms with Crippen molar-refractivity contribution in [1.29, 1.82) is 0 Å². The van der Waals surface area contributed by atoms with E-state index in [0.29, 0.717) is 11.6 Å². The van der Waals surface area contributed by atoms with Crippen LogP contribution in [-0.4, -0.2) is 5.97 Å². The predicted molar refractivity (Wildman–Crippen MR) is 62.5 cm³/mol. The van der Waals surface area contributed by atoms with Crippen molar-refractivity contribution < 1.29 is 22.7 Å². The van der Waals surface area contributed by atoms with Crippen LogP contribution >= 0.6 is 0 Å². The fourth-order valence-electron chi connectivity index (χ4n) is 1.51. The summed E-state index contributed by atoms with van der Waals surface area (Å²) in [6.45, 7) is 1.70. The highest BCUT2D eigenvalue weighted by Gasteiger charge is 2.20. The Balaban J connectivity index is 2.31. The molecule has 0 N–H and O–H groups in total. The van der Waals surface area contributed by atoms with E-state index < -0.39 is 29.0 Å². The zero-order valence-electron chi connectivity index (χ0n) is 9.91. The molecule has 0 radical (unpaired) electrons. The van der Waals surface area contributed by atoms with Crippen LogP contribution in [0.2, 0.25) is 0 Å². The SMILES string of the molecule is Cc1ccccc1OC(=O)c1ccc(F)c(F)c1F. The Labute approximate surface area is 107 Å². The third-order valence-electron chi connectivity index (χ3n) is 2.55. The summed E-state index contributed by atoms with van der Waals surface area (Å²) in [5.41, 5.74) is 0.0148. The van der Waals surface area contributed by atoms with Crippen molar-refractivity contribution in [2.75, 3.05) is 0 Å². The Morgan fingerprint density at radius 3 is 2.37 bits per heavy atom. The Morgan fingerprint density at radius 1 is 1.00 bits per heavy atom. The number of halogens is 3. The number of hydrogen-bond acceptors (Lipinski definition) is 2. The second-order valence-electron chi connectivity index (χ2n) is 3.88. The standard InChI is InChI=1S/C14H9F3O2/c1-8-4-2-3-5-11(8)19-14(18)9-6-7-10(15)13(17)12(9)16/h2-7H,1H3. The first-order valence-electron chi connectivity index (χ1n) is 5.42. The summed E-state index contributed by atoms with van der Waals surface area (Å²) in [6, 6.07) is 8.11. The van der Waals surface area contributed by atoms with Gasteiger partial charge >= 0.3 is 5.97 Å². The van der Waals surface area contributed by atoms with Crippen molar-refractivity contribution in [2.45, 2.75) is 6.92 Å². The zero-order valence-corrected chi connectivity index (χ0v) is 9.91. The molecule has 0 amide bonds. The lowest BCUT2D eigenvalue weighted by molar-refractivity contribution is 0.0727. The minimum absolute atomic E-state index is 0.233. The van der Waals surface area contributed by atoms with Crippen molar-refractivity contribution >= 4 is 5.97 Å². The zero-order chi connectivity index (χ0) is 14.0. The van der Waals surface area contributed by atoms with Gasteiger partial charge in [-0.15, -0.1) is 0 Å². The van der Waals surface area contributed by atoms with Gasteiger partial charge < -0.3 is 4.74 Å². The van der Waals surface area contributed by atoms with Crippen molar-refractivity contribution in [3.63, 3.8) is 0 Å². The average Bonchev–Trinajstić information content (AvgIpc) is 2.39. The van der Waals surface area contributed by atoms with Crippen LogP contribution in [0, 0.1) is 24.4 Å². The van der Waals surface area contributed by atoms with Gasteiger partial charge in [-0.1, -0.05) is 18.2 Å². The first-order chi connectivity index (χ1) is 9.00. The number of benzene rings is 2. The molecule has 0 heterocycles. The van der Waals surface area contributed by atoms with E-state index in [0.717, 1.165) is 6.07 Å². The molecule has 0 aliphatic rings. The molecule has 0 atom stereocenters. The van der Waals surface area contributed by atoms with Gasteiger partial charge in [0.2, 0.25) is 0 Å². The van der Waals surface area contributed by atoms with Gasteiger partial charge in [0.1, 0.15) is 5.75 Å². The van der Waals surface area contributed by atoms with Crippen LogP contribution in [-0.2, 0) is 0 Å². The van der Waals surface area contributed by atoms with E-state index in [1.807, 2.05) is 0 Å². The van der Waals surface area contributed by atoms with E-state index >= 15 is 0 Å². The summed E-state index contributed by atoms with van der Waals surface area (Å²) < 4.78 is 44.1. The van der Waals surface area contributed by atoms with Gasteiger partial charge in [-0.2, -0.15) is 0 Å². The van der Waals surface area contributed by atoms with E-state index in [1.165, 1.54) is 6.07 Å². The molecule has 2 rings (SSSR count). The molecule has 0 fully saturated rings. The quantitative estimate of drug-likeness (QED) is 0.471. The third kappa shape index (κ3) is 2.59. The van der Waals surface area contributed by atoms with E-state index in [1.54, 1.807) is 25.1 Å². The summed E-state index contributed by atoms with van der Waals surface area (Å²) in [7, 11) is 0. The van der Waals surface area contributed by atoms with Crippen LogP contribution in [0.1, 0.15) is 15.9 Å². The fourth-order valence-corrected chi connectivity index (χ4v) is 1.51. The van der Waals surface area contributed by atoms with Crippen molar-refractivity contribution in [3.05, 3.63) is 65.0 Å². The maximum absolute atomic E-state index is 13.4. The Morgan fingerprint density at radius 2 is 1.68 bits per heavy atom. The normalized spacial score (nSPS) is 10.3. The molecular formula is C14H9F3O2. The highest BCUT2D eigenvalue weighted by atomic mass is 19.2. The molecule has 2 aromatic rings. The Kier molecular flexibility index (Phi) is 3.55. The number of aryl methyl sites for hydroxylation is 1. The number of carbonyl (C=O) groups is 1. The molecule has 19 heavy (non-hydrogen) atoms. The van der Waals surface area contributed by atoms with Crippen LogP contribution in [0.15, 0.2) is 36.4 Å². The van der Waals surface area contributed by atoms with Crippen LogP contribution in [0.5, 0.6) is 5.75 Å². The number of rotatable bonds is 2. The van der Waals surface area contributed by atoms with Crippen molar-refractivity contribution in [2.24, 2.45) is 0 Å². The Hall–Kier alpha value is -2.30. The molecular weight excluding hydrogens is 257 g/mol. The summed E-state index contributed by atoms with van der Waals surface area (Å²) in [5, 5.41) is 0. The van der Waals surface area contributed by atoms with Gasteiger partial charge in [0.25, 0.3) is 0 Å². The molecule has 0 aliphatic carbocycles. The largest absolute Gasteiger partial charge is 0.423 e. The molecule has 98 valence electrons. The number of carbonyl (C=O) groups excluding carboxylic acids is 1. The van der Waals surface area contributed by atoms with E-state index in [2.05, 4.69) is 0 Å². The number of ether oxygens (including phenoxy) is 1. The lowest BCUT2D eigenvalue weighted by Crippen LogP contribution is -2.13. The molecule has 5 heteroatoms. The van der Waals surface area contributed by atoms with Gasteiger partial charge in [0, 0.05) is 0 Å². The Bertz CT molecular complexity index is 639. The molecule has 2 aromatic carbocycles. The van der Waals surface area contributed by atoms with Crippen LogP contribution in [0.25, 0.3) is 0 Å². The molecule has 0 spiro atoms. The molecule has 0 saturated heterocycles. The number of esters is 1. The monoisotopic (exact) mass is 266 g/mol. The predicted octanol–water partition coefficient (Wildman–Crippen LogP) is 3.63. The van der Waals surface area contributed by atoms with E-state index in [9.17, 15) is 18.0 Å². The molecule has 0 saturated carbocycles. The second-order valence-corrected chi connectivity index (χ2v) is 3.88. The number of hydrogen-bond donors (Lipinski definition) is 0. The van der Waals surface area contributed by atoms with Gasteiger partial charge in [-0.3, -0.25) is 0 Å². The molecule has 0 aromatic heterocycles. The van der Waals surface area contributed by atoms with E-state index in [4.69, 9.17) is 4.74 Å². The number of para-hydroxylation sites is 1. The van der Waals surface area contributed by atoms with Crippen molar-refractivity contribution in [1.82, 2.24) is 0 Å². The van der Waals surface area contributed by atoms with E-state index in [-0.39, 0.29) is 5.75 Å². The topological polar surface area (TPSA) is 26.3 Å². The van der Waals surface area contributed by atoms with Crippen LogP contribution < -0.4 is 4.74 Å². The molecule has 0 unspecified atom stereocenters. The third-order valence-corrected chi connectivity index (χ3v) is 2.55. The van der Waals surface area contributed by atoms with Gasteiger partial charge in [-0.25, -0.2) is 18.0 Å². The fraction of sp³-hybridized carbons (Fsp3) is 0.0714. The lowest BCUT2D eigenvalue weighted by Gasteiger charge is -2.08. The van der Waals surface area contributed by atoms with Gasteiger partial charge in [0.15, 0.2) is 17.5 Å². The van der Waals surface area contributed by atoms with Crippen molar-refractivity contribution in [3.8, 4) is 5.75 Å². The first-order valence-corrected chi connectivity index (χ1v) is 5.42. The summed E-state index contributed by atoms with van der Waals surface area (Å²) in [4.78, 5) is 11.7. The minimum atomic E-state index is -1.70. The average molecular weight is 266 g/mol. The molecule has 2 nitrogen and oxygen atoms in total. The highest BCUT2D eigenvalue weighted by Crippen LogP contribution is 2.20. The maximum atomic E-state index is 13.4. The minimum Gasteiger partial charge on any atom is -0.423 e. The summed E-state index contributed by atoms with van der Waals surface area (Å²) in [6.07, 6.45) is 0. The van der Waals surface area contributed by atoms with Crippen LogP contribution in [0.4, 0.5) is 13.2 Å². The second kappa shape index (κ2) is 5.14. The maximum Gasteiger partial charge on any atom is 0.346 e. The lowest BCUT2D eigenvalue weighted by atomic mass is 10.2. The highest BCUT2D eigenvalue weighted by molar-refractivity contribution is 5.91. The molecule has 0 bridgehead atoms. The summed E-state index contributed by atoms with van der Waals surface area (Å²) in [5.74, 6) is -5.45. The first kappa shape index (κ1) is 13.1. The smallest absolute Gasteiger partial charge is 0.346 e. The van der Waals surface area contributed by atoms with Gasteiger partial charge in [0.05, 0.1) is 5.56 Å². The van der Waals surface area contributed by atoms with Crippen LogP contribution in [0.3, 0.4) is 0 Å².